The van der Waals surface area contributed by atoms with Gasteiger partial charge in [-0.3, -0.25) is 10.1 Å². The van der Waals surface area contributed by atoms with E-state index in [-0.39, 0.29) is 0 Å². The molecule has 0 aromatic heterocycles. The van der Waals surface area contributed by atoms with E-state index in [2.05, 4.69) is 5.32 Å². The third-order valence-electron chi connectivity index (χ3n) is 2.81. The summed E-state index contributed by atoms with van der Waals surface area (Å²) in [5, 5.41) is 23.2. The fourth-order valence-electron chi connectivity index (χ4n) is 1.41. The van der Waals surface area contributed by atoms with Gasteiger partial charge in [0.05, 0.1) is 10.5 Å². The summed E-state index contributed by atoms with van der Waals surface area (Å²) in [7, 11) is 0. The molecule has 0 saturated heterocycles. The molecule has 0 radical (unpaired) electrons. The van der Waals surface area contributed by atoms with Crippen molar-refractivity contribution in [2.75, 3.05) is 6.54 Å². The molecule has 0 heterocycles. The van der Waals surface area contributed by atoms with Gasteiger partial charge in [-0.05, 0) is 25.0 Å². The first-order valence-corrected chi connectivity index (χ1v) is 5.71. The topological polar surface area (TPSA) is 75.4 Å². The third-order valence-corrected chi connectivity index (χ3v) is 2.81. The fourth-order valence-corrected chi connectivity index (χ4v) is 1.41. The van der Waals surface area contributed by atoms with E-state index in [1.165, 1.54) is 6.07 Å². The second kappa shape index (κ2) is 5.88. The van der Waals surface area contributed by atoms with Crippen molar-refractivity contribution in [3.63, 3.8) is 0 Å². The number of nitrogens with one attached hydrogen (secondary N) is 1. The predicted octanol–water partition coefficient (Wildman–Crippen LogP) is 1.98. The van der Waals surface area contributed by atoms with E-state index in [1.807, 2.05) is 6.92 Å². The smallest absolute Gasteiger partial charge is 0.304 e. The largest absolute Gasteiger partial charge is 0.389 e. The van der Waals surface area contributed by atoms with Crippen molar-refractivity contribution < 1.29 is 14.4 Å². The first kappa shape index (κ1) is 14.5. The Kier molecular flexibility index (Phi) is 4.75. The highest BCUT2D eigenvalue weighted by Gasteiger charge is 2.17. The van der Waals surface area contributed by atoms with Crippen molar-refractivity contribution in [2.24, 2.45) is 0 Å². The van der Waals surface area contributed by atoms with Gasteiger partial charge in [-0.1, -0.05) is 13.0 Å². The van der Waals surface area contributed by atoms with Gasteiger partial charge in [0.1, 0.15) is 0 Å². The summed E-state index contributed by atoms with van der Waals surface area (Å²) in [6, 6.07) is 3.77. The van der Waals surface area contributed by atoms with Gasteiger partial charge in [0.15, 0.2) is 0 Å². The lowest BCUT2D eigenvalue weighted by Crippen LogP contribution is -2.36. The second-order valence-electron chi connectivity index (χ2n) is 4.50. The lowest BCUT2D eigenvalue weighted by molar-refractivity contribution is -0.387. The maximum Gasteiger partial charge on any atom is 0.304 e. The van der Waals surface area contributed by atoms with Crippen LogP contribution in [0.25, 0.3) is 0 Å². The number of hydrogen-bond acceptors (Lipinski definition) is 4. The van der Waals surface area contributed by atoms with Gasteiger partial charge in [0, 0.05) is 19.2 Å². The minimum absolute atomic E-state index is 0.352. The average Bonchev–Trinajstić information content (AvgIpc) is 2.28. The van der Waals surface area contributed by atoms with Crippen LogP contribution < -0.4 is 5.32 Å². The first-order valence-electron chi connectivity index (χ1n) is 5.71. The van der Waals surface area contributed by atoms with Gasteiger partial charge in [-0.2, -0.15) is 4.39 Å². The van der Waals surface area contributed by atoms with E-state index in [9.17, 15) is 19.6 Å². The van der Waals surface area contributed by atoms with Crippen LogP contribution in [0.1, 0.15) is 25.8 Å². The molecule has 1 atom stereocenters. The van der Waals surface area contributed by atoms with E-state index < -0.39 is 22.0 Å². The summed E-state index contributed by atoms with van der Waals surface area (Å²) in [6.45, 7) is 4.30. The first-order chi connectivity index (χ1) is 8.35. The standard InChI is InChI=1S/C12H17FN2O3/c1-3-12(2,16)8-14-7-9-4-5-11(15(17)18)10(13)6-9/h4-6,14,16H,3,7-8H2,1-2H3. The van der Waals surface area contributed by atoms with E-state index in [4.69, 9.17) is 0 Å². The molecule has 0 bridgehead atoms. The van der Waals surface area contributed by atoms with Gasteiger partial charge in [-0.25, -0.2) is 0 Å². The summed E-state index contributed by atoms with van der Waals surface area (Å²) in [5.41, 5.74) is -0.733. The highest BCUT2D eigenvalue weighted by atomic mass is 19.1. The Hall–Kier alpha value is -1.53. The Morgan fingerprint density at radius 1 is 1.56 bits per heavy atom. The maximum atomic E-state index is 13.3. The van der Waals surface area contributed by atoms with Crippen LogP contribution in [0.4, 0.5) is 10.1 Å². The molecular weight excluding hydrogens is 239 g/mol. The van der Waals surface area contributed by atoms with Crippen molar-refractivity contribution in [1.82, 2.24) is 5.32 Å². The molecule has 1 rings (SSSR count). The van der Waals surface area contributed by atoms with Crippen molar-refractivity contribution in [3.05, 3.63) is 39.7 Å². The molecule has 6 heteroatoms. The van der Waals surface area contributed by atoms with Crippen LogP contribution in [-0.2, 0) is 6.54 Å². The molecule has 1 aromatic carbocycles. The van der Waals surface area contributed by atoms with E-state index in [0.717, 1.165) is 12.1 Å². The van der Waals surface area contributed by atoms with Crippen LogP contribution in [0.5, 0.6) is 0 Å². The highest BCUT2D eigenvalue weighted by Crippen LogP contribution is 2.18. The molecule has 1 unspecified atom stereocenters. The van der Waals surface area contributed by atoms with Gasteiger partial charge >= 0.3 is 5.69 Å². The molecule has 0 aliphatic carbocycles. The van der Waals surface area contributed by atoms with Crippen LogP contribution in [0.15, 0.2) is 18.2 Å². The molecule has 0 fully saturated rings. The van der Waals surface area contributed by atoms with Crippen molar-refractivity contribution >= 4 is 5.69 Å². The normalized spacial score (nSPS) is 14.2. The number of rotatable bonds is 6. The molecular formula is C12H17FN2O3. The van der Waals surface area contributed by atoms with Gasteiger partial charge < -0.3 is 10.4 Å². The Bertz CT molecular complexity index is 435. The van der Waals surface area contributed by atoms with Crippen LogP contribution >= 0.6 is 0 Å². The number of aliphatic hydroxyl groups is 1. The summed E-state index contributed by atoms with van der Waals surface area (Å²) < 4.78 is 13.3. The van der Waals surface area contributed by atoms with E-state index in [0.29, 0.717) is 25.1 Å². The Morgan fingerprint density at radius 3 is 2.72 bits per heavy atom. The lowest BCUT2D eigenvalue weighted by atomic mass is 10.0. The van der Waals surface area contributed by atoms with Gasteiger partial charge in [0.25, 0.3) is 0 Å². The van der Waals surface area contributed by atoms with E-state index in [1.54, 1.807) is 6.92 Å². The minimum Gasteiger partial charge on any atom is -0.389 e. The quantitative estimate of drug-likeness (QED) is 0.603. The number of halogens is 1. The average molecular weight is 256 g/mol. The minimum atomic E-state index is -0.846. The number of nitro benzene ring substituents is 1. The van der Waals surface area contributed by atoms with E-state index >= 15 is 0 Å². The predicted molar refractivity (Wildman–Crippen MR) is 65.7 cm³/mol. The molecule has 0 saturated carbocycles. The highest BCUT2D eigenvalue weighted by molar-refractivity contribution is 5.34. The van der Waals surface area contributed by atoms with Crippen molar-refractivity contribution in [3.8, 4) is 0 Å². The van der Waals surface area contributed by atoms with Gasteiger partial charge in [0.2, 0.25) is 5.82 Å². The zero-order valence-corrected chi connectivity index (χ0v) is 10.4. The molecule has 0 aliphatic heterocycles. The van der Waals surface area contributed by atoms with Crippen molar-refractivity contribution in [1.29, 1.82) is 0 Å². The SMILES string of the molecule is CCC(C)(O)CNCc1ccc([N+](=O)[O-])c(F)c1. The monoisotopic (exact) mass is 256 g/mol. The van der Waals surface area contributed by atoms with Crippen LogP contribution in [0.2, 0.25) is 0 Å². The Morgan fingerprint density at radius 2 is 2.22 bits per heavy atom. The number of nitro groups is 1. The summed E-state index contributed by atoms with van der Waals surface area (Å²) in [4.78, 5) is 9.68. The molecule has 18 heavy (non-hydrogen) atoms. The zero-order valence-electron chi connectivity index (χ0n) is 10.4. The third kappa shape index (κ3) is 4.05. The fraction of sp³-hybridized carbons (Fsp3) is 0.500. The zero-order chi connectivity index (χ0) is 13.8. The molecule has 0 amide bonds. The number of benzene rings is 1. The number of nitrogens with zero attached hydrogens (tertiary/aromatic N) is 1. The molecule has 5 nitrogen and oxygen atoms in total. The van der Waals surface area contributed by atoms with Crippen LogP contribution in [-0.4, -0.2) is 22.2 Å². The summed E-state index contributed by atoms with van der Waals surface area (Å²) in [6.07, 6.45) is 0.606. The van der Waals surface area contributed by atoms with Crippen LogP contribution in [0.3, 0.4) is 0 Å². The van der Waals surface area contributed by atoms with Gasteiger partial charge in [-0.15, -0.1) is 0 Å². The molecule has 1 aromatic rings. The number of hydrogen-bond donors (Lipinski definition) is 2. The Balaban J connectivity index is 2.59. The molecule has 0 spiro atoms. The molecule has 100 valence electrons. The maximum absolute atomic E-state index is 13.3. The summed E-state index contributed by atoms with van der Waals surface area (Å²) in [5.74, 6) is -0.846. The molecule has 2 N–H and O–H groups in total. The van der Waals surface area contributed by atoms with Crippen molar-refractivity contribution in [2.45, 2.75) is 32.4 Å². The lowest BCUT2D eigenvalue weighted by Gasteiger charge is -2.21. The van der Waals surface area contributed by atoms with Crippen LogP contribution in [0, 0.1) is 15.9 Å². The second-order valence-corrected chi connectivity index (χ2v) is 4.50. The Labute approximate surface area is 105 Å². The summed E-state index contributed by atoms with van der Waals surface area (Å²) >= 11 is 0. The molecule has 0 aliphatic rings.